The molecule has 0 fully saturated rings. The van der Waals surface area contributed by atoms with E-state index in [1.807, 2.05) is 12.1 Å². The first-order valence-electron chi connectivity index (χ1n) is 5.08. The molecule has 3 nitrogen and oxygen atoms in total. The quantitative estimate of drug-likeness (QED) is 0.815. The van der Waals surface area contributed by atoms with Crippen molar-refractivity contribution in [1.82, 2.24) is 4.98 Å². The third-order valence-corrected chi connectivity index (χ3v) is 2.87. The van der Waals surface area contributed by atoms with E-state index in [-0.39, 0.29) is 0 Å². The van der Waals surface area contributed by atoms with Crippen molar-refractivity contribution in [2.24, 2.45) is 0 Å². The lowest BCUT2D eigenvalue weighted by atomic mass is 10.3. The normalized spacial score (nSPS) is 9.89. The van der Waals surface area contributed by atoms with E-state index in [4.69, 9.17) is 35.4 Å². The molecule has 92 valence electrons. The first-order valence-corrected chi connectivity index (χ1v) is 6.24. The van der Waals surface area contributed by atoms with Crippen LogP contribution in [0.3, 0.4) is 0 Å². The minimum atomic E-state index is 0.449. The van der Waals surface area contributed by atoms with E-state index in [0.717, 1.165) is 5.69 Å². The standard InChI is InChI=1S/C12H9Cl2N3S/c13-8-1-2-11(10(14)7-8)17-12(18)16-9-3-5-15-6-4-9/h1-7H,(H2,15,16,17,18). The molecule has 0 spiro atoms. The van der Waals surface area contributed by atoms with Crippen LogP contribution in [0.25, 0.3) is 0 Å². The van der Waals surface area contributed by atoms with Crippen molar-refractivity contribution in [3.8, 4) is 0 Å². The molecule has 0 saturated carbocycles. The van der Waals surface area contributed by atoms with Gasteiger partial charge in [0.05, 0.1) is 10.7 Å². The summed E-state index contributed by atoms with van der Waals surface area (Å²) in [5, 5.41) is 7.56. The van der Waals surface area contributed by atoms with Gasteiger partial charge in [0.25, 0.3) is 0 Å². The van der Waals surface area contributed by atoms with Gasteiger partial charge in [-0.3, -0.25) is 4.98 Å². The van der Waals surface area contributed by atoms with Crippen molar-refractivity contribution >= 4 is 51.9 Å². The summed E-state index contributed by atoms with van der Waals surface area (Å²) in [6, 6.07) is 8.80. The predicted molar refractivity (Wildman–Crippen MR) is 80.5 cm³/mol. The topological polar surface area (TPSA) is 37.0 Å². The summed E-state index contributed by atoms with van der Waals surface area (Å²) in [4.78, 5) is 3.92. The van der Waals surface area contributed by atoms with Gasteiger partial charge >= 0.3 is 0 Å². The number of pyridine rings is 1. The molecule has 0 bridgehead atoms. The summed E-state index contributed by atoms with van der Waals surface area (Å²) in [7, 11) is 0. The maximum atomic E-state index is 6.03. The molecule has 18 heavy (non-hydrogen) atoms. The number of halogens is 2. The Morgan fingerprint density at radius 1 is 1.06 bits per heavy atom. The molecule has 0 amide bonds. The molecule has 0 radical (unpaired) electrons. The Bertz CT molecular complexity index is 561. The van der Waals surface area contributed by atoms with Crippen molar-refractivity contribution < 1.29 is 0 Å². The largest absolute Gasteiger partial charge is 0.332 e. The lowest BCUT2D eigenvalue weighted by Gasteiger charge is -2.11. The number of benzene rings is 1. The first-order chi connectivity index (χ1) is 8.65. The summed E-state index contributed by atoms with van der Waals surface area (Å²) < 4.78 is 0. The molecule has 6 heteroatoms. The Morgan fingerprint density at radius 2 is 1.78 bits per heavy atom. The van der Waals surface area contributed by atoms with Gasteiger partial charge in [0.1, 0.15) is 0 Å². The van der Waals surface area contributed by atoms with Crippen LogP contribution in [0.4, 0.5) is 11.4 Å². The second-order valence-electron chi connectivity index (χ2n) is 3.44. The summed E-state index contributed by atoms with van der Waals surface area (Å²) in [5.41, 5.74) is 1.56. The van der Waals surface area contributed by atoms with E-state index < -0.39 is 0 Å². The summed E-state index contributed by atoms with van der Waals surface area (Å²) in [6.45, 7) is 0. The first kappa shape index (κ1) is 13.1. The summed E-state index contributed by atoms with van der Waals surface area (Å²) >= 11 is 17.0. The van der Waals surface area contributed by atoms with E-state index in [9.17, 15) is 0 Å². The maximum absolute atomic E-state index is 6.03. The third kappa shape index (κ3) is 3.57. The number of nitrogens with zero attached hydrogens (tertiary/aromatic N) is 1. The van der Waals surface area contributed by atoms with Crippen LogP contribution in [0.15, 0.2) is 42.7 Å². The van der Waals surface area contributed by atoms with E-state index >= 15 is 0 Å². The zero-order valence-corrected chi connectivity index (χ0v) is 11.5. The van der Waals surface area contributed by atoms with Crippen LogP contribution in [0, 0.1) is 0 Å². The molecule has 1 aromatic carbocycles. The fourth-order valence-corrected chi connectivity index (χ4v) is 1.99. The van der Waals surface area contributed by atoms with Crippen molar-refractivity contribution in [1.29, 1.82) is 0 Å². The molecule has 0 unspecified atom stereocenters. The zero-order chi connectivity index (χ0) is 13.0. The van der Waals surface area contributed by atoms with Crippen LogP contribution in [0.2, 0.25) is 10.0 Å². The molecule has 2 aromatic rings. The Labute approximate surface area is 120 Å². The van der Waals surface area contributed by atoms with E-state index in [1.54, 1.807) is 30.6 Å². The Hall–Kier alpha value is -1.36. The number of thiocarbonyl (C=S) groups is 1. The molecule has 0 saturated heterocycles. The fraction of sp³-hybridized carbons (Fsp3) is 0. The van der Waals surface area contributed by atoms with Crippen molar-refractivity contribution in [3.63, 3.8) is 0 Å². The van der Waals surface area contributed by atoms with Gasteiger partial charge in [-0.25, -0.2) is 0 Å². The van der Waals surface area contributed by atoms with Gasteiger partial charge in [0.2, 0.25) is 0 Å². The molecular weight excluding hydrogens is 289 g/mol. The molecule has 0 atom stereocenters. The average Bonchev–Trinajstić information content (AvgIpc) is 2.34. The minimum Gasteiger partial charge on any atom is -0.332 e. The van der Waals surface area contributed by atoms with Crippen molar-refractivity contribution in [2.75, 3.05) is 10.6 Å². The van der Waals surface area contributed by atoms with Crippen LogP contribution in [-0.4, -0.2) is 10.1 Å². The van der Waals surface area contributed by atoms with Crippen LogP contribution < -0.4 is 10.6 Å². The van der Waals surface area contributed by atoms with Crippen LogP contribution in [0.5, 0.6) is 0 Å². The SMILES string of the molecule is S=C(Nc1ccncc1)Nc1ccc(Cl)cc1Cl. The fourth-order valence-electron chi connectivity index (χ4n) is 1.31. The van der Waals surface area contributed by atoms with E-state index in [2.05, 4.69) is 15.6 Å². The number of aromatic nitrogens is 1. The van der Waals surface area contributed by atoms with Gasteiger partial charge in [-0.15, -0.1) is 0 Å². The van der Waals surface area contributed by atoms with Gasteiger partial charge < -0.3 is 10.6 Å². The van der Waals surface area contributed by atoms with Gasteiger partial charge in [0.15, 0.2) is 5.11 Å². The Kier molecular flexibility index (Phi) is 4.36. The lowest BCUT2D eigenvalue weighted by Crippen LogP contribution is -2.19. The number of nitrogens with one attached hydrogen (secondary N) is 2. The monoisotopic (exact) mass is 297 g/mol. The summed E-state index contributed by atoms with van der Waals surface area (Å²) in [6.07, 6.45) is 3.36. The molecule has 0 aliphatic heterocycles. The Balaban J connectivity index is 2.03. The number of rotatable bonds is 2. The summed E-state index contributed by atoms with van der Waals surface area (Å²) in [5.74, 6) is 0. The highest BCUT2D eigenvalue weighted by atomic mass is 35.5. The number of anilines is 2. The van der Waals surface area contributed by atoms with Gasteiger partial charge in [-0.2, -0.15) is 0 Å². The molecule has 2 N–H and O–H groups in total. The van der Waals surface area contributed by atoms with Gasteiger partial charge in [-0.05, 0) is 42.5 Å². The minimum absolute atomic E-state index is 0.449. The lowest BCUT2D eigenvalue weighted by molar-refractivity contribution is 1.33. The highest BCUT2D eigenvalue weighted by Crippen LogP contribution is 2.25. The molecular formula is C12H9Cl2N3S. The van der Waals surface area contributed by atoms with Gasteiger partial charge in [0, 0.05) is 23.1 Å². The second kappa shape index (κ2) is 6.00. The highest BCUT2D eigenvalue weighted by Gasteiger charge is 2.03. The van der Waals surface area contributed by atoms with Gasteiger partial charge in [-0.1, -0.05) is 23.2 Å². The van der Waals surface area contributed by atoms with Crippen molar-refractivity contribution in [3.05, 3.63) is 52.8 Å². The molecule has 2 rings (SSSR count). The van der Waals surface area contributed by atoms with E-state index in [0.29, 0.717) is 20.8 Å². The molecule has 1 heterocycles. The predicted octanol–water partition coefficient (Wildman–Crippen LogP) is 4.20. The smallest absolute Gasteiger partial charge is 0.175 e. The zero-order valence-electron chi connectivity index (χ0n) is 9.15. The van der Waals surface area contributed by atoms with Crippen LogP contribution in [-0.2, 0) is 0 Å². The van der Waals surface area contributed by atoms with Crippen LogP contribution in [0.1, 0.15) is 0 Å². The number of hydrogen-bond acceptors (Lipinski definition) is 2. The van der Waals surface area contributed by atoms with Crippen LogP contribution >= 0.6 is 35.4 Å². The van der Waals surface area contributed by atoms with Crippen molar-refractivity contribution in [2.45, 2.75) is 0 Å². The number of hydrogen-bond donors (Lipinski definition) is 2. The average molecular weight is 298 g/mol. The molecule has 1 aromatic heterocycles. The highest BCUT2D eigenvalue weighted by molar-refractivity contribution is 7.80. The Morgan fingerprint density at radius 3 is 2.44 bits per heavy atom. The molecule has 0 aliphatic rings. The third-order valence-electron chi connectivity index (χ3n) is 2.12. The molecule has 0 aliphatic carbocycles. The van der Waals surface area contributed by atoms with E-state index in [1.165, 1.54) is 0 Å². The second-order valence-corrected chi connectivity index (χ2v) is 4.69. The maximum Gasteiger partial charge on any atom is 0.175 e.